The van der Waals surface area contributed by atoms with E-state index in [0.29, 0.717) is 0 Å². The van der Waals surface area contributed by atoms with Gasteiger partial charge in [-0.2, -0.15) is 0 Å². The number of nitrogens with zero attached hydrogens (tertiary/aromatic N) is 4. The van der Waals surface area contributed by atoms with Crippen LogP contribution in [0.4, 0.5) is 5.69 Å². The fraction of sp³-hybridized carbons (Fsp3) is 0.450. The van der Waals surface area contributed by atoms with Gasteiger partial charge in [-0.25, -0.2) is 9.25 Å². The minimum Gasteiger partial charge on any atom is -0.363 e. The Hall–Kier alpha value is -2.43. The average molecular weight is 338 g/mol. The molecule has 1 aromatic carbocycles. The molecule has 5 nitrogen and oxygen atoms in total. The summed E-state index contributed by atoms with van der Waals surface area (Å²) in [5.41, 5.74) is 3.13. The van der Waals surface area contributed by atoms with Gasteiger partial charge in [0.2, 0.25) is 0 Å². The van der Waals surface area contributed by atoms with Crippen LogP contribution in [-0.2, 0) is 7.05 Å². The van der Waals surface area contributed by atoms with Crippen LogP contribution in [0.1, 0.15) is 51.6 Å². The number of unbranched alkanes of at least 4 members (excludes halogenated alkanes) is 4. The highest BCUT2D eigenvalue weighted by Gasteiger charge is 2.15. The summed E-state index contributed by atoms with van der Waals surface area (Å²) >= 11 is 0. The summed E-state index contributed by atoms with van der Waals surface area (Å²) in [5, 5.41) is 12.4. The van der Waals surface area contributed by atoms with Gasteiger partial charge in [0.05, 0.1) is 5.52 Å². The van der Waals surface area contributed by atoms with E-state index in [9.17, 15) is 0 Å². The molecule has 0 aliphatic carbocycles. The van der Waals surface area contributed by atoms with Gasteiger partial charge >= 0.3 is 0 Å². The number of fused-ring (bicyclic) bond motifs is 1. The summed E-state index contributed by atoms with van der Waals surface area (Å²) in [6.07, 6.45) is 11.6. The van der Waals surface area contributed by atoms with Crippen molar-refractivity contribution in [1.29, 1.82) is 0 Å². The molecule has 3 rings (SSSR count). The fourth-order valence-corrected chi connectivity index (χ4v) is 3.10. The third-order valence-corrected chi connectivity index (χ3v) is 4.57. The Morgan fingerprint density at radius 3 is 2.60 bits per heavy atom. The largest absolute Gasteiger partial charge is 0.363 e. The van der Waals surface area contributed by atoms with Gasteiger partial charge in [0.1, 0.15) is 18.7 Å². The van der Waals surface area contributed by atoms with Crippen LogP contribution < -0.4 is 9.88 Å². The number of hydrogen-bond acceptors (Lipinski definition) is 3. The summed E-state index contributed by atoms with van der Waals surface area (Å²) in [6.45, 7) is 2.25. The molecule has 5 heteroatoms. The molecular formula is C20H28N5+. The van der Waals surface area contributed by atoms with Crippen LogP contribution in [0.15, 0.2) is 48.8 Å². The quantitative estimate of drug-likeness (QED) is 0.469. The first kappa shape index (κ1) is 17.4. The molecule has 2 heterocycles. The van der Waals surface area contributed by atoms with Crippen LogP contribution in [0.5, 0.6) is 0 Å². The first-order chi connectivity index (χ1) is 12.3. The zero-order valence-corrected chi connectivity index (χ0v) is 15.2. The molecule has 3 aromatic rings. The third kappa shape index (κ3) is 4.56. The summed E-state index contributed by atoms with van der Waals surface area (Å²) < 4.78 is 4.07. The van der Waals surface area contributed by atoms with Crippen molar-refractivity contribution >= 4 is 16.7 Å². The lowest BCUT2D eigenvalue weighted by Gasteiger charge is -2.20. The second kappa shape index (κ2) is 8.60. The first-order valence-electron chi connectivity index (χ1n) is 9.29. The summed E-state index contributed by atoms with van der Waals surface area (Å²) in [4.78, 5) is 0. The van der Waals surface area contributed by atoms with E-state index in [-0.39, 0.29) is 6.17 Å². The number of para-hydroxylation sites is 1. The van der Waals surface area contributed by atoms with E-state index in [2.05, 4.69) is 53.1 Å². The maximum Gasteiger partial charge on any atom is 0.170 e. The fourth-order valence-electron chi connectivity index (χ4n) is 3.10. The summed E-state index contributed by atoms with van der Waals surface area (Å²) in [7, 11) is 2.03. The van der Waals surface area contributed by atoms with E-state index in [1.807, 2.05) is 34.5 Å². The highest BCUT2D eigenvalue weighted by atomic mass is 15.5. The number of aromatic nitrogens is 4. The molecule has 0 bridgehead atoms. The molecule has 0 fully saturated rings. The van der Waals surface area contributed by atoms with E-state index in [4.69, 9.17) is 0 Å². The Kier molecular flexibility index (Phi) is 5.99. The first-order valence-corrected chi connectivity index (χ1v) is 9.29. The molecule has 0 spiro atoms. The van der Waals surface area contributed by atoms with Crippen molar-refractivity contribution in [3.63, 3.8) is 0 Å². The van der Waals surface area contributed by atoms with Crippen molar-refractivity contribution in [2.45, 2.75) is 51.6 Å². The van der Waals surface area contributed by atoms with Crippen LogP contribution in [0.3, 0.4) is 0 Å². The van der Waals surface area contributed by atoms with Crippen LogP contribution >= 0.6 is 0 Å². The van der Waals surface area contributed by atoms with Gasteiger partial charge in [0.25, 0.3) is 0 Å². The number of benzene rings is 1. The van der Waals surface area contributed by atoms with Crippen LogP contribution in [-0.4, -0.2) is 15.0 Å². The molecule has 0 aliphatic heterocycles. The molecule has 2 aromatic heterocycles. The molecule has 1 atom stereocenters. The Morgan fingerprint density at radius 2 is 1.80 bits per heavy atom. The molecule has 0 aliphatic rings. The summed E-state index contributed by atoms with van der Waals surface area (Å²) in [6, 6.07) is 12.4. The van der Waals surface area contributed by atoms with Crippen molar-refractivity contribution < 1.29 is 4.57 Å². The molecule has 0 saturated carbocycles. The van der Waals surface area contributed by atoms with Crippen molar-refractivity contribution in [2.24, 2.45) is 7.05 Å². The van der Waals surface area contributed by atoms with Gasteiger partial charge in [-0.1, -0.05) is 50.0 Å². The topological polar surface area (TPSA) is 46.6 Å². The second-order valence-electron chi connectivity index (χ2n) is 6.64. The van der Waals surface area contributed by atoms with E-state index in [1.54, 1.807) is 0 Å². The zero-order valence-electron chi connectivity index (χ0n) is 15.2. The minimum atomic E-state index is 0.113. The van der Waals surface area contributed by atoms with Crippen molar-refractivity contribution in [2.75, 3.05) is 5.32 Å². The number of rotatable bonds is 9. The smallest absolute Gasteiger partial charge is 0.170 e. The van der Waals surface area contributed by atoms with Gasteiger partial charge < -0.3 is 5.32 Å². The maximum atomic E-state index is 4.42. The van der Waals surface area contributed by atoms with E-state index in [1.165, 1.54) is 32.1 Å². The van der Waals surface area contributed by atoms with Gasteiger partial charge in [0, 0.05) is 17.8 Å². The Balaban J connectivity index is 1.77. The lowest BCUT2D eigenvalue weighted by atomic mass is 10.1. The molecule has 0 radical (unpaired) electrons. The van der Waals surface area contributed by atoms with Gasteiger partial charge in [-0.3, -0.25) is 0 Å². The van der Waals surface area contributed by atoms with Crippen LogP contribution in [0.2, 0.25) is 0 Å². The molecule has 1 N–H and O–H groups in total. The van der Waals surface area contributed by atoms with Crippen molar-refractivity contribution in [1.82, 2.24) is 15.0 Å². The van der Waals surface area contributed by atoms with Crippen LogP contribution in [0, 0.1) is 0 Å². The van der Waals surface area contributed by atoms with Gasteiger partial charge in [0.15, 0.2) is 12.4 Å². The van der Waals surface area contributed by atoms with E-state index >= 15 is 0 Å². The number of anilines is 1. The second-order valence-corrected chi connectivity index (χ2v) is 6.64. The lowest BCUT2D eigenvalue weighted by Crippen LogP contribution is -2.26. The standard InChI is InChI=1S/C20H27N5/c1-3-4-5-6-7-12-20(21-17-13-15-24(2)16-14-17)25-19-11-9-8-10-18(19)22-23-25/h8-11,13-16,20H,3-7,12H2,1-2H3/p+1. The maximum absolute atomic E-state index is 4.42. The van der Waals surface area contributed by atoms with Gasteiger partial charge in [-0.05, 0) is 25.0 Å². The summed E-state index contributed by atoms with van der Waals surface area (Å²) in [5.74, 6) is 0. The predicted molar refractivity (Wildman–Crippen MR) is 101 cm³/mol. The molecule has 132 valence electrons. The minimum absolute atomic E-state index is 0.113. The highest BCUT2D eigenvalue weighted by molar-refractivity contribution is 5.74. The zero-order chi connectivity index (χ0) is 17.5. The van der Waals surface area contributed by atoms with Crippen molar-refractivity contribution in [3.05, 3.63) is 48.8 Å². The third-order valence-electron chi connectivity index (χ3n) is 4.57. The molecule has 0 amide bonds. The number of pyridine rings is 1. The monoisotopic (exact) mass is 338 g/mol. The molecule has 1 unspecified atom stereocenters. The SMILES string of the molecule is CCCCCCCC(Nc1cc[n+](C)cc1)n1nnc2ccccc21. The average Bonchev–Trinajstić information content (AvgIpc) is 3.06. The normalized spacial score (nSPS) is 12.4. The van der Waals surface area contributed by atoms with Crippen LogP contribution in [0.25, 0.3) is 11.0 Å². The number of aryl methyl sites for hydroxylation is 1. The van der Waals surface area contributed by atoms with E-state index < -0.39 is 0 Å². The lowest BCUT2D eigenvalue weighted by molar-refractivity contribution is -0.671. The number of hydrogen-bond donors (Lipinski definition) is 1. The Bertz CT molecular complexity index is 778. The Labute approximate surface area is 149 Å². The van der Waals surface area contributed by atoms with E-state index in [0.717, 1.165) is 23.1 Å². The Morgan fingerprint density at radius 1 is 1.04 bits per heavy atom. The molecular weight excluding hydrogens is 310 g/mol. The molecule has 0 saturated heterocycles. The predicted octanol–water partition coefficient (Wildman–Crippen LogP) is 4.23. The van der Waals surface area contributed by atoms with Gasteiger partial charge in [-0.15, -0.1) is 5.10 Å². The molecule has 25 heavy (non-hydrogen) atoms. The van der Waals surface area contributed by atoms with Crippen molar-refractivity contribution in [3.8, 4) is 0 Å². The number of nitrogens with one attached hydrogen (secondary N) is 1. The highest BCUT2D eigenvalue weighted by Crippen LogP contribution is 2.23.